The third kappa shape index (κ3) is 5.75. The minimum Gasteiger partial charge on any atom is -0.444 e. The minimum absolute atomic E-state index is 0.101. The first kappa shape index (κ1) is 26.3. The number of rotatable bonds is 6. The third-order valence-electron chi connectivity index (χ3n) is 8.50. The summed E-state index contributed by atoms with van der Waals surface area (Å²) in [5, 5.41) is 16.6. The molecule has 1 aromatic rings. The number of nitrogens with one attached hydrogen (secondary N) is 2. The molecule has 0 radical (unpaired) electrons. The predicted octanol–water partition coefficient (Wildman–Crippen LogP) is 4.13. The molecule has 3 N–H and O–H groups in total. The van der Waals surface area contributed by atoms with E-state index >= 15 is 0 Å². The number of carbonyl (C=O) groups excluding carboxylic acids is 3. The van der Waals surface area contributed by atoms with Gasteiger partial charge in [-0.15, -0.1) is 0 Å². The SMILES string of the molecule is CC(C)(C)OC(=O)NCC(=O)Nc1ccc(CC2CCN(C3C4CC5CC3CC(O)(C5)C4)C2=O)c(Cl)c1. The number of anilines is 1. The molecule has 1 saturated heterocycles. The number of alkyl carbamates (subject to hydrolysis) is 1. The summed E-state index contributed by atoms with van der Waals surface area (Å²) in [6.45, 7) is 5.81. The molecular formula is C28H38ClN3O5. The fourth-order valence-electron chi connectivity index (χ4n) is 7.44. The van der Waals surface area contributed by atoms with E-state index in [1.807, 2.05) is 6.07 Å². The van der Waals surface area contributed by atoms with E-state index < -0.39 is 23.2 Å². The molecule has 8 nitrogen and oxygen atoms in total. The van der Waals surface area contributed by atoms with Crippen molar-refractivity contribution in [3.8, 4) is 0 Å². The molecule has 37 heavy (non-hydrogen) atoms. The highest BCUT2D eigenvalue weighted by molar-refractivity contribution is 6.31. The minimum atomic E-state index is -0.657. The Labute approximate surface area is 223 Å². The molecule has 4 saturated carbocycles. The highest BCUT2D eigenvalue weighted by Gasteiger charge is 2.57. The number of amides is 3. The quantitative estimate of drug-likeness (QED) is 0.511. The van der Waals surface area contributed by atoms with Crippen LogP contribution >= 0.6 is 11.6 Å². The fourth-order valence-corrected chi connectivity index (χ4v) is 7.70. The second kappa shape index (κ2) is 9.77. The maximum Gasteiger partial charge on any atom is 0.408 e. The van der Waals surface area contributed by atoms with E-state index in [1.165, 1.54) is 0 Å². The normalized spacial score (nSPS) is 32.5. The largest absolute Gasteiger partial charge is 0.444 e. The first-order valence-corrected chi connectivity index (χ1v) is 13.8. The molecular weight excluding hydrogens is 494 g/mol. The van der Waals surface area contributed by atoms with Gasteiger partial charge in [-0.2, -0.15) is 0 Å². The maximum absolute atomic E-state index is 13.5. The van der Waals surface area contributed by atoms with Crippen molar-refractivity contribution >= 4 is 35.2 Å². The van der Waals surface area contributed by atoms with E-state index in [2.05, 4.69) is 15.5 Å². The Hall–Kier alpha value is -2.32. The van der Waals surface area contributed by atoms with E-state index in [9.17, 15) is 19.5 Å². The zero-order valence-corrected chi connectivity index (χ0v) is 22.6. The van der Waals surface area contributed by atoms with Crippen LogP contribution in [-0.4, -0.2) is 58.2 Å². The zero-order valence-electron chi connectivity index (χ0n) is 21.9. The molecule has 202 valence electrons. The summed E-state index contributed by atoms with van der Waals surface area (Å²) < 4.78 is 5.13. The number of ether oxygens (including phenoxy) is 1. The average Bonchev–Trinajstić information content (AvgIpc) is 3.11. The van der Waals surface area contributed by atoms with Gasteiger partial charge in [-0.1, -0.05) is 17.7 Å². The van der Waals surface area contributed by atoms with Crippen LogP contribution in [0, 0.1) is 23.7 Å². The zero-order chi connectivity index (χ0) is 26.5. The van der Waals surface area contributed by atoms with Crippen molar-refractivity contribution in [2.24, 2.45) is 23.7 Å². The van der Waals surface area contributed by atoms with Crippen LogP contribution in [0.5, 0.6) is 0 Å². The molecule has 5 aliphatic rings. The van der Waals surface area contributed by atoms with Crippen molar-refractivity contribution in [2.45, 2.75) is 83.0 Å². The smallest absolute Gasteiger partial charge is 0.408 e. The molecule has 4 bridgehead atoms. The number of likely N-dealkylation sites (tertiary alicyclic amines) is 1. The topological polar surface area (TPSA) is 108 Å². The number of halogens is 1. The Morgan fingerprint density at radius 3 is 2.51 bits per heavy atom. The Bertz CT molecular complexity index is 1070. The standard InChI is InChI=1S/C28H38ClN3O5/c1-27(2,3)37-26(35)30-15-23(33)31-21-5-4-17(22(29)11-21)10-18-6-7-32(25(18)34)24-19-8-16-9-20(24)14-28(36,12-16)13-19/h4-5,11,16,18-20,24,36H,6-10,12-15H2,1-3H3,(H,30,35)(H,31,33). The van der Waals surface area contributed by atoms with Crippen LogP contribution in [0.4, 0.5) is 10.5 Å². The highest BCUT2D eigenvalue weighted by Crippen LogP contribution is 2.57. The Kier molecular flexibility index (Phi) is 6.94. The van der Waals surface area contributed by atoms with E-state index in [-0.39, 0.29) is 24.4 Å². The monoisotopic (exact) mass is 531 g/mol. The Morgan fingerprint density at radius 1 is 1.19 bits per heavy atom. The second-order valence-electron chi connectivity index (χ2n) is 12.6. The molecule has 0 spiro atoms. The fraction of sp³-hybridized carbons (Fsp3) is 0.679. The molecule has 4 aliphatic carbocycles. The first-order valence-electron chi connectivity index (χ1n) is 13.5. The van der Waals surface area contributed by atoms with Gasteiger partial charge in [0.05, 0.1) is 5.60 Å². The predicted molar refractivity (Wildman–Crippen MR) is 140 cm³/mol. The number of benzene rings is 1. The van der Waals surface area contributed by atoms with E-state index in [4.69, 9.17) is 16.3 Å². The summed E-state index contributed by atoms with van der Waals surface area (Å²) >= 11 is 6.54. The number of carbonyl (C=O) groups is 3. The molecule has 3 unspecified atom stereocenters. The Morgan fingerprint density at radius 2 is 1.89 bits per heavy atom. The summed E-state index contributed by atoms with van der Waals surface area (Å²) in [5.41, 5.74) is 0.271. The summed E-state index contributed by atoms with van der Waals surface area (Å²) in [5.74, 6) is 1.20. The van der Waals surface area contributed by atoms with Gasteiger partial charge in [-0.05, 0) is 101 Å². The summed E-state index contributed by atoms with van der Waals surface area (Å²) in [4.78, 5) is 39.6. The van der Waals surface area contributed by atoms with Crippen molar-refractivity contribution in [3.63, 3.8) is 0 Å². The molecule has 0 aromatic heterocycles. The first-order chi connectivity index (χ1) is 17.4. The highest BCUT2D eigenvalue weighted by atomic mass is 35.5. The van der Waals surface area contributed by atoms with Crippen LogP contribution in [-0.2, 0) is 20.7 Å². The van der Waals surface area contributed by atoms with Gasteiger partial charge in [0.15, 0.2) is 0 Å². The Balaban J connectivity index is 1.15. The van der Waals surface area contributed by atoms with Gasteiger partial charge in [-0.3, -0.25) is 9.59 Å². The lowest BCUT2D eigenvalue weighted by molar-refractivity contribution is -0.168. The molecule has 1 aliphatic heterocycles. The summed E-state index contributed by atoms with van der Waals surface area (Å²) in [6, 6.07) is 5.57. The molecule has 3 atom stereocenters. The van der Waals surface area contributed by atoms with Gasteiger partial charge in [0.1, 0.15) is 12.1 Å². The average molecular weight is 532 g/mol. The number of nitrogens with zero attached hydrogens (tertiary/aromatic N) is 1. The van der Waals surface area contributed by atoms with Crippen LogP contribution in [0.2, 0.25) is 5.02 Å². The number of hydrogen-bond donors (Lipinski definition) is 3. The lowest BCUT2D eigenvalue weighted by atomic mass is 9.52. The van der Waals surface area contributed by atoms with Gasteiger partial charge in [0.2, 0.25) is 11.8 Å². The van der Waals surface area contributed by atoms with Gasteiger partial charge < -0.3 is 25.4 Å². The van der Waals surface area contributed by atoms with Crippen molar-refractivity contribution in [3.05, 3.63) is 28.8 Å². The molecule has 1 heterocycles. The van der Waals surface area contributed by atoms with Crippen LogP contribution in [0.1, 0.15) is 64.9 Å². The lowest BCUT2D eigenvalue weighted by Crippen LogP contribution is -2.62. The summed E-state index contributed by atoms with van der Waals surface area (Å²) in [6.07, 6.45) is 5.63. The van der Waals surface area contributed by atoms with Crippen molar-refractivity contribution < 1.29 is 24.2 Å². The molecule has 3 amide bonds. The van der Waals surface area contributed by atoms with Crippen LogP contribution in [0.3, 0.4) is 0 Å². The van der Waals surface area contributed by atoms with Crippen LogP contribution in [0.25, 0.3) is 0 Å². The van der Waals surface area contributed by atoms with Crippen LogP contribution in [0.15, 0.2) is 18.2 Å². The van der Waals surface area contributed by atoms with Gasteiger partial charge in [0.25, 0.3) is 0 Å². The maximum atomic E-state index is 13.5. The second-order valence-corrected chi connectivity index (χ2v) is 13.0. The molecule has 9 heteroatoms. The van der Waals surface area contributed by atoms with Gasteiger partial charge in [-0.25, -0.2) is 4.79 Å². The number of hydrogen-bond acceptors (Lipinski definition) is 5. The molecule has 6 rings (SSSR count). The van der Waals surface area contributed by atoms with Crippen LogP contribution < -0.4 is 10.6 Å². The molecule has 5 fully saturated rings. The van der Waals surface area contributed by atoms with E-state index in [1.54, 1.807) is 32.9 Å². The van der Waals surface area contributed by atoms with Crippen molar-refractivity contribution in [1.29, 1.82) is 0 Å². The molecule has 1 aromatic carbocycles. The van der Waals surface area contributed by atoms with Crippen molar-refractivity contribution in [1.82, 2.24) is 10.2 Å². The van der Waals surface area contributed by atoms with Gasteiger partial charge >= 0.3 is 6.09 Å². The lowest BCUT2D eigenvalue weighted by Gasteiger charge is -2.59. The summed E-state index contributed by atoms with van der Waals surface area (Å²) in [7, 11) is 0. The van der Waals surface area contributed by atoms with Gasteiger partial charge in [0, 0.05) is 29.2 Å². The number of aliphatic hydroxyl groups is 1. The van der Waals surface area contributed by atoms with E-state index in [0.29, 0.717) is 34.9 Å². The third-order valence-corrected chi connectivity index (χ3v) is 8.85. The van der Waals surface area contributed by atoms with Crippen molar-refractivity contribution in [2.75, 3.05) is 18.4 Å². The van der Waals surface area contributed by atoms with E-state index in [0.717, 1.165) is 50.6 Å².